The molecule has 1 aromatic carbocycles. The minimum atomic E-state index is 0.229. The molecule has 0 fully saturated rings. The molecule has 2 heteroatoms. The van der Waals surface area contributed by atoms with E-state index in [0.717, 1.165) is 12.1 Å². The summed E-state index contributed by atoms with van der Waals surface area (Å²) >= 11 is 0. The molecule has 0 radical (unpaired) electrons. The smallest absolute Gasteiger partial charge is 0.0670 e. The second kappa shape index (κ2) is 2.24. The maximum Gasteiger partial charge on any atom is 0.0670 e. The number of anilines is 1. The monoisotopic (exact) mass is 149 g/mol. The van der Waals surface area contributed by atoms with Crippen LogP contribution in [0.5, 0.6) is 0 Å². The predicted molar refractivity (Wildman–Crippen MR) is 43.9 cm³/mol. The van der Waals surface area contributed by atoms with Crippen molar-refractivity contribution in [3.8, 4) is 0 Å². The van der Waals surface area contributed by atoms with E-state index < -0.39 is 0 Å². The molecule has 0 saturated carbocycles. The van der Waals surface area contributed by atoms with Crippen molar-refractivity contribution < 1.29 is 5.21 Å². The molecule has 0 saturated heterocycles. The van der Waals surface area contributed by atoms with Gasteiger partial charge in [0.15, 0.2) is 0 Å². The highest BCUT2D eigenvalue weighted by atomic mass is 16.5. The summed E-state index contributed by atoms with van der Waals surface area (Å²) in [6, 6.07) is 8.18. The van der Waals surface area contributed by atoms with Crippen molar-refractivity contribution in [3.05, 3.63) is 29.8 Å². The highest BCUT2D eigenvalue weighted by Gasteiger charge is 2.23. The number of para-hydroxylation sites is 1. The van der Waals surface area contributed by atoms with E-state index in [1.54, 1.807) is 0 Å². The van der Waals surface area contributed by atoms with E-state index >= 15 is 0 Å². The fourth-order valence-electron chi connectivity index (χ4n) is 1.55. The molecule has 1 aliphatic heterocycles. The van der Waals surface area contributed by atoms with Crippen LogP contribution in [0.2, 0.25) is 0 Å². The van der Waals surface area contributed by atoms with Crippen molar-refractivity contribution in [3.63, 3.8) is 0 Å². The number of hydrogen-bond acceptors (Lipinski definition) is 2. The summed E-state index contributed by atoms with van der Waals surface area (Å²) in [4.78, 5) is 0. The van der Waals surface area contributed by atoms with Crippen LogP contribution in [0.3, 0.4) is 0 Å². The molecule has 1 unspecified atom stereocenters. The molecule has 1 aliphatic rings. The normalized spacial score (nSPS) is 22.0. The molecule has 0 aromatic heterocycles. The zero-order valence-corrected chi connectivity index (χ0v) is 6.49. The Bertz CT molecular complexity index is 272. The summed E-state index contributed by atoms with van der Waals surface area (Å²) in [5.41, 5.74) is 2.20. The Kier molecular flexibility index (Phi) is 1.36. The minimum Gasteiger partial charge on any atom is -0.288 e. The van der Waals surface area contributed by atoms with Gasteiger partial charge < -0.3 is 0 Å². The maximum atomic E-state index is 9.48. The largest absolute Gasteiger partial charge is 0.288 e. The molecular weight excluding hydrogens is 138 g/mol. The SMILES string of the molecule is CC1Cc2ccccc2N1O. The van der Waals surface area contributed by atoms with Crippen LogP contribution in [0.1, 0.15) is 12.5 Å². The van der Waals surface area contributed by atoms with Gasteiger partial charge in [0.25, 0.3) is 0 Å². The first-order chi connectivity index (χ1) is 5.29. The first-order valence-electron chi connectivity index (χ1n) is 3.85. The third kappa shape index (κ3) is 0.906. The van der Waals surface area contributed by atoms with Gasteiger partial charge in [-0.05, 0) is 25.0 Å². The number of hydrogen-bond donors (Lipinski definition) is 1. The van der Waals surface area contributed by atoms with Gasteiger partial charge in [-0.3, -0.25) is 10.3 Å². The molecule has 0 bridgehead atoms. The Morgan fingerprint density at radius 2 is 2.18 bits per heavy atom. The van der Waals surface area contributed by atoms with Crippen LogP contribution in [-0.2, 0) is 6.42 Å². The third-order valence-corrected chi connectivity index (χ3v) is 2.17. The topological polar surface area (TPSA) is 23.5 Å². The van der Waals surface area contributed by atoms with Crippen molar-refractivity contribution in [2.75, 3.05) is 5.06 Å². The van der Waals surface area contributed by atoms with E-state index in [1.807, 2.05) is 25.1 Å². The van der Waals surface area contributed by atoms with Crippen LogP contribution in [0.15, 0.2) is 24.3 Å². The van der Waals surface area contributed by atoms with Crippen molar-refractivity contribution in [1.82, 2.24) is 0 Å². The number of nitrogens with zero attached hydrogens (tertiary/aromatic N) is 1. The zero-order valence-electron chi connectivity index (χ0n) is 6.49. The Morgan fingerprint density at radius 3 is 2.91 bits per heavy atom. The molecule has 2 nitrogen and oxygen atoms in total. The maximum absolute atomic E-state index is 9.48. The third-order valence-electron chi connectivity index (χ3n) is 2.17. The summed E-state index contributed by atoms with van der Waals surface area (Å²) < 4.78 is 0. The molecule has 0 aliphatic carbocycles. The zero-order chi connectivity index (χ0) is 7.84. The number of hydroxylamine groups is 1. The predicted octanol–water partition coefficient (Wildman–Crippen LogP) is 1.83. The summed E-state index contributed by atoms with van der Waals surface area (Å²) in [6.07, 6.45) is 0.951. The van der Waals surface area contributed by atoms with E-state index in [0.29, 0.717) is 0 Å². The van der Waals surface area contributed by atoms with Gasteiger partial charge in [-0.15, -0.1) is 0 Å². The van der Waals surface area contributed by atoms with Gasteiger partial charge in [-0.25, -0.2) is 0 Å². The molecule has 2 rings (SSSR count). The molecule has 58 valence electrons. The standard InChI is InChI=1S/C9H11NO/c1-7-6-8-4-2-3-5-9(8)10(7)11/h2-5,7,11H,6H2,1H3. The Labute approximate surface area is 66.0 Å². The highest BCUT2D eigenvalue weighted by molar-refractivity contribution is 5.56. The van der Waals surface area contributed by atoms with E-state index in [9.17, 15) is 5.21 Å². The van der Waals surface area contributed by atoms with E-state index in [4.69, 9.17) is 0 Å². The van der Waals surface area contributed by atoms with Gasteiger partial charge in [0.1, 0.15) is 0 Å². The van der Waals surface area contributed by atoms with Crippen LogP contribution >= 0.6 is 0 Å². The minimum absolute atomic E-state index is 0.229. The van der Waals surface area contributed by atoms with Gasteiger partial charge in [0.2, 0.25) is 0 Å². The summed E-state index contributed by atoms with van der Waals surface area (Å²) in [5, 5.41) is 10.8. The van der Waals surface area contributed by atoms with Crippen LogP contribution in [-0.4, -0.2) is 11.2 Å². The fourth-order valence-corrected chi connectivity index (χ4v) is 1.55. The molecule has 1 atom stereocenters. The summed E-state index contributed by atoms with van der Waals surface area (Å²) in [6.45, 7) is 2.01. The van der Waals surface area contributed by atoms with Gasteiger partial charge in [0.05, 0.1) is 11.7 Å². The molecule has 11 heavy (non-hydrogen) atoms. The lowest BCUT2D eigenvalue weighted by atomic mass is 10.1. The van der Waals surface area contributed by atoms with Crippen molar-refractivity contribution >= 4 is 5.69 Å². The number of fused-ring (bicyclic) bond motifs is 1. The molecule has 0 amide bonds. The first-order valence-corrected chi connectivity index (χ1v) is 3.85. The van der Waals surface area contributed by atoms with Gasteiger partial charge in [-0.2, -0.15) is 0 Å². The second-order valence-electron chi connectivity index (χ2n) is 3.03. The van der Waals surface area contributed by atoms with E-state index in [2.05, 4.69) is 6.07 Å². The molecular formula is C9H11NO. The molecule has 1 aromatic rings. The average molecular weight is 149 g/mol. The van der Waals surface area contributed by atoms with Crippen LogP contribution in [0.25, 0.3) is 0 Å². The van der Waals surface area contributed by atoms with Crippen LogP contribution in [0.4, 0.5) is 5.69 Å². The Morgan fingerprint density at radius 1 is 1.45 bits per heavy atom. The fraction of sp³-hybridized carbons (Fsp3) is 0.333. The lowest BCUT2D eigenvalue weighted by Gasteiger charge is -2.14. The second-order valence-corrected chi connectivity index (χ2v) is 3.03. The van der Waals surface area contributed by atoms with Gasteiger partial charge in [0, 0.05) is 0 Å². The summed E-state index contributed by atoms with van der Waals surface area (Å²) in [7, 11) is 0. The van der Waals surface area contributed by atoms with Crippen molar-refractivity contribution in [1.29, 1.82) is 0 Å². The van der Waals surface area contributed by atoms with Crippen LogP contribution < -0.4 is 5.06 Å². The lowest BCUT2D eigenvalue weighted by molar-refractivity contribution is 0.232. The van der Waals surface area contributed by atoms with Crippen molar-refractivity contribution in [2.24, 2.45) is 0 Å². The first kappa shape index (κ1) is 6.68. The lowest BCUT2D eigenvalue weighted by Crippen LogP contribution is -2.24. The van der Waals surface area contributed by atoms with Crippen molar-refractivity contribution in [2.45, 2.75) is 19.4 Å². The molecule has 1 heterocycles. The average Bonchev–Trinajstić information content (AvgIpc) is 2.30. The molecule has 1 N–H and O–H groups in total. The van der Waals surface area contributed by atoms with Gasteiger partial charge >= 0.3 is 0 Å². The van der Waals surface area contributed by atoms with Gasteiger partial charge in [-0.1, -0.05) is 18.2 Å². The Balaban J connectivity index is 2.47. The number of benzene rings is 1. The quantitative estimate of drug-likeness (QED) is 0.608. The Hall–Kier alpha value is -1.02. The van der Waals surface area contributed by atoms with E-state index in [-0.39, 0.29) is 6.04 Å². The van der Waals surface area contributed by atoms with Crippen LogP contribution in [0, 0.1) is 0 Å². The number of rotatable bonds is 0. The van der Waals surface area contributed by atoms with E-state index in [1.165, 1.54) is 10.6 Å². The summed E-state index contributed by atoms with van der Waals surface area (Å²) in [5.74, 6) is 0. The molecule has 0 spiro atoms. The highest BCUT2D eigenvalue weighted by Crippen LogP contribution is 2.29.